The number of likely N-dealkylation sites (tertiary alicyclic amines) is 1. The van der Waals surface area contributed by atoms with Gasteiger partial charge < -0.3 is 10.6 Å². The molecule has 19 heavy (non-hydrogen) atoms. The Morgan fingerprint density at radius 1 is 1.47 bits per heavy atom. The summed E-state index contributed by atoms with van der Waals surface area (Å²) >= 11 is 0. The Hall–Kier alpha value is -1.18. The molecule has 1 fully saturated rings. The van der Waals surface area contributed by atoms with Crippen LogP contribution in [-0.2, 0) is 10.0 Å². The van der Waals surface area contributed by atoms with Crippen molar-refractivity contribution in [2.45, 2.75) is 24.3 Å². The van der Waals surface area contributed by atoms with Crippen molar-refractivity contribution < 1.29 is 12.8 Å². The third kappa shape index (κ3) is 3.05. The van der Waals surface area contributed by atoms with E-state index in [-0.39, 0.29) is 16.6 Å². The van der Waals surface area contributed by atoms with Crippen molar-refractivity contribution >= 4 is 15.7 Å². The van der Waals surface area contributed by atoms with Gasteiger partial charge in [0, 0.05) is 12.6 Å². The second-order valence-electron chi connectivity index (χ2n) is 5.01. The zero-order valence-electron chi connectivity index (χ0n) is 11.0. The van der Waals surface area contributed by atoms with Gasteiger partial charge in [0.05, 0.1) is 10.6 Å². The van der Waals surface area contributed by atoms with E-state index in [1.54, 1.807) is 6.92 Å². The van der Waals surface area contributed by atoms with Crippen LogP contribution in [0.25, 0.3) is 0 Å². The summed E-state index contributed by atoms with van der Waals surface area (Å²) in [6.45, 7) is 3.09. The van der Waals surface area contributed by atoms with Crippen LogP contribution < -0.4 is 10.5 Å². The monoisotopic (exact) mass is 287 g/mol. The van der Waals surface area contributed by atoms with Crippen molar-refractivity contribution in [2.75, 3.05) is 25.9 Å². The summed E-state index contributed by atoms with van der Waals surface area (Å²) in [5, 5.41) is 0. The standard InChI is InChI=1S/C12H18FN3O2S/c1-8-5-10(13)11(14)6-12(8)19(17,18)15-9-3-4-16(2)7-9/h5-6,9,15H,3-4,7,14H2,1-2H3. The lowest BCUT2D eigenvalue weighted by molar-refractivity contribution is 0.407. The summed E-state index contributed by atoms with van der Waals surface area (Å²) in [6, 6.07) is 2.21. The van der Waals surface area contributed by atoms with Gasteiger partial charge in [-0.3, -0.25) is 0 Å². The number of aryl methyl sites for hydroxylation is 1. The van der Waals surface area contributed by atoms with Gasteiger partial charge in [-0.25, -0.2) is 17.5 Å². The van der Waals surface area contributed by atoms with E-state index >= 15 is 0 Å². The molecule has 1 heterocycles. The molecule has 1 saturated heterocycles. The molecule has 1 atom stereocenters. The summed E-state index contributed by atoms with van der Waals surface area (Å²) in [4.78, 5) is 2.10. The smallest absolute Gasteiger partial charge is 0.241 e. The molecule has 1 aliphatic heterocycles. The summed E-state index contributed by atoms with van der Waals surface area (Å²) < 4.78 is 40.4. The van der Waals surface area contributed by atoms with Gasteiger partial charge >= 0.3 is 0 Å². The van der Waals surface area contributed by atoms with E-state index in [0.29, 0.717) is 12.1 Å². The zero-order chi connectivity index (χ0) is 14.2. The molecule has 0 radical (unpaired) electrons. The predicted octanol–water partition coefficient (Wildman–Crippen LogP) is 0.699. The molecular weight excluding hydrogens is 269 g/mol. The van der Waals surface area contributed by atoms with Gasteiger partial charge in [-0.05, 0) is 44.6 Å². The molecule has 0 saturated carbocycles. The van der Waals surface area contributed by atoms with Crippen molar-refractivity contribution in [2.24, 2.45) is 0 Å². The largest absolute Gasteiger partial charge is 0.396 e. The van der Waals surface area contributed by atoms with E-state index < -0.39 is 15.8 Å². The lowest BCUT2D eigenvalue weighted by Crippen LogP contribution is -2.36. The predicted molar refractivity (Wildman–Crippen MR) is 71.8 cm³/mol. The van der Waals surface area contributed by atoms with Crippen LogP contribution in [0.2, 0.25) is 0 Å². The van der Waals surface area contributed by atoms with Gasteiger partial charge in [0.25, 0.3) is 0 Å². The summed E-state index contributed by atoms with van der Waals surface area (Å²) in [5.41, 5.74) is 5.64. The first kappa shape index (κ1) is 14.2. The van der Waals surface area contributed by atoms with Crippen molar-refractivity contribution in [3.05, 3.63) is 23.5 Å². The third-order valence-electron chi connectivity index (χ3n) is 3.30. The van der Waals surface area contributed by atoms with E-state index in [1.807, 2.05) is 7.05 Å². The molecule has 7 heteroatoms. The number of hydrogen-bond acceptors (Lipinski definition) is 4. The molecule has 5 nitrogen and oxygen atoms in total. The summed E-state index contributed by atoms with van der Waals surface area (Å²) in [7, 11) is -1.72. The molecule has 1 aromatic rings. The molecule has 0 aliphatic carbocycles. The summed E-state index contributed by atoms with van der Waals surface area (Å²) in [5.74, 6) is -0.600. The fraction of sp³-hybridized carbons (Fsp3) is 0.500. The minimum atomic E-state index is -3.66. The van der Waals surface area contributed by atoms with Crippen molar-refractivity contribution in [1.82, 2.24) is 9.62 Å². The number of halogens is 1. The second-order valence-corrected chi connectivity index (χ2v) is 6.69. The quantitative estimate of drug-likeness (QED) is 0.802. The van der Waals surface area contributed by atoms with Gasteiger partial charge in [0.15, 0.2) is 0 Å². The van der Waals surface area contributed by atoms with Gasteiger partial charge in [0.2, 0.25) is 10.0 Å². The molecule has 1 unspecified atom stereocenters. The minimum absolute atomic E-state index is 0.0425. The average Bonchev–Trinajstić information content (AvgIpc) is 2.68. The van der Waals surface area contributed by atoms with Crippen LogP contribution in [0.1, 0.15) is 12.0 Å². The highest BCUT2D eigenvalue weighted by Crippen LogP contribution is 2.22. The molecular formula is C12H18FN3O2S. The highest BCUT2D eigenvalue weighted by atomic mass is 32.2. The van der Waals surface area contributed by atoms with E-state index in [2.05, 4.69) is 9.62 Å². The van der Waals surface area contributed by atoms with E-state index in [1.165, 1.54) is 6.07 Å². The maximum absolute atomic E-state index is 13.3. The topological polar surface area (TPSA) is 75.4 Å². The molecule has 0 amide bonds. The first-order valence-corrected chi connectivity index (χ1v) is 7.54. The van der Waals surface area contributed by atoms with Gasteiger partial charge in [-0.1, -0.05) is 0 Å². The normalized spacial score (nSPS) is 20.9. The second kappa shape index (κ2) is 5.07. The van der Waals surface area contributed by atoms with Crippen LogP contribution in [0, 0.1) is 12.7 Å². The summed E-state index contributed by atoms with van der Waals surface area (Å²) in [6.07, 6.45) is 0.769. The molecule has 1 aliphatic rings. The van der Waals surface area contributed by atoms with Gasteiger partial charge in [-0.15, -0.1) is 0 Å². The van der Waals surface area contributed by atoms with E-state index in [4.69, 9.17) is 5.73 Å². The first-order valence-electron chi connectivity index (χ1n) is 6.06. The number of nitrogens with one attached hydrogen (secondary N) is 1. The molecule has 3 N–H and O–H groups in total. The molecule has 2 rings (SSSR count). The van der Waals surface area contributed by atoms with Crippen LogP contribution in [-0.4, -0.2) is 39.5 Å². The number of nitrogen functional groups attached to an aromatic ring is 1. The number of hydrogen-bond donors (Lipinski definition) is 2. The Morgan fingerprint density at radius 3 is 2.74 bits per heavy atom. The van der Waals surface area contributed by atoms with E-state index in [9.17, 15) is 12.8 Å². The molecule has 1 aromatic carbocycles. The maximum Gasteiger partial charge on any atom is 0.241 e. The number of rotatable bonds is 3. The SMILES string of the molecule is Cc1cc(F)c(N)cc1S(=O)(=O)NC1CCN(C)C1. The molecule has 0 spiro atoms. The number of nitrogens with zero attached hydrogens (tertiary/aromatic N) is 1. The van der Waals surface area contributed by atoms with Gasteiger partial charge in [-0.2, -0.15) is 0 Å². The maximum atomic E-state index is 13.3. The van der Waals surface area contributed by atoms with Crippen LogP contribution in [0.5, 0.6) is 0 Å². The van der Waals surface area contributed by atoms with Crippen molar-refractivity contribution in [3.63, 3.8) is 0 Å². The molecule has 0 aromatic heterocycles. The Bertz CT molecular complexity index is 589. The Labute approximate surface area is 112 Å². The Kier molecular flexibility index (Phi) is 3.80. The first-order chi connectivity index (χ1) is 8.79. The highest BCUT2D eigenvalue weighted by Gasteiger charge is 2.26. The van der Waals surface area contributed by atoms with Crippen LogP contribution in [0.15, 0.2) is 17.0 Å². The van der Waals surface area contributed by atoms with Crippen molar-refractivity contribution in [3.8, 4) is 0 Å². The minimum Gasteiger partial charge on any atom is -0.396 e. The number of likely N-dealkylation sites (N-methyl/N-ethyl adjacent to an activating group) is 1. The van der Waals surface area contributed by atoms with Crippen LogP contribution >= 0.6 is 0 Å². The van der Waals surface area contributed by atoms with E-state index in [0.717, 1.165) is 19.0 Å². The molecule has 106 valence electrons. The fourth-order valence-electron chi connectivity index (χ4n) is 2.27. The molecule has 0 bridgehead atoms. The van der Waals surface area contributed by atoms with Crippen LogP contribution in [0.4, 0.5) is 10.1 Å². The van der Waals surface area contributed by atoms with Crippen LogP contribution in [0.3, 0.4) is 0 Å². The van der Waals surface area contributed by atoms with Crippen molar-refractivity contribution in [1.29, 1.82) is 0 Å². The zero-order valence-corrected chi connectivity index (χ0v) is 11.8. The number of sulfonamides is 1. The highest BCUT2D eigenvalue weighted by molar-refractivity contribution is 7.89. The fourth-order valence-corrected chi connectivity index (χ4v) is 3.80. The van der Waals surface area contributed by atoms with Gasteiger partial charge in [0.1, 0.15) is 5.82 Å². The number of benzene rings is 1. The average molecular weight is 287 g/mol. The Morgan fingerprint density at radius 2 is 2.16 bits per heavy atom. The third-order valence-corrected chi connectivity index (χ3v) is 4.96. The lowest BCUT2D eigenvalue weighted by atomic mass is 10.2. The Balaban J connectivity index is 2.27. The number of anilines is 1. The lowest BCUT2D eigenvalue weighted by Gasteiger charge is -2.15. The number of nitrogens with two attached hydrogens (primary N) is 1.